The van der Waals surface area contributed by atoms with Crippen molar-refractivity contribution in [2.75, 3.05) is 10.8 Å². The van der Waals surface area contributed by atoms with Gasteiger partial charge in [-0.2, -0.15) is 0 Å². The molecule has 0 saturated carbocycles. The van der Waals surface area contributed by atoms with Crippen LogP contribution in [0.15, 0.2) is 71.6 Å². The summed E-state index contributed by atoms with van der Waals surface area (Å²) >= 11 is 0. The van der Waals surface area contributed by atoms with Gasteiger partial charge in [-0.1, -0.05) is 60.5 Å². The van der Waals surface area contributed by atoms with Crippen molar-refractivity contribution in [3.8, 4) is 0 Å². The monoisotopic (exact) mass is 567 g/mol. The molecule has 0 aliphatic rings. The van der Waals surface area contributed by atoms with E-state index in [1.165, 1.54) is 23.1 Å². The maximum atomic E-state index is 14.7. The Labute approximate surface area is 237 Å². The summed E-state index contributed by atoms with van der Waals surface area (Å²) in [6.07, 6.45) is 0.689. The van der Waals surface area contributed by atoms with Crippen LogP contribution in [0.3, 0.4) is 0 Å². The van der Waals surface area contributed by atoms with Gasteiger partial charge in [0.15, 0.2) is 0 Å². The van der Waals surface area contributed by atoms with Crippen LogP contribution in [0.25, 0.3) is 0 Å². The molecule has 0 saturated heterocycles. The second kappa shape index (κ2) is 13.1. The Hall–Kier alpha value is -3.72. The smallest absolute Gasteiger partial charge is 0.264 e. The van der Waals surface area contributed by atoms with Gasteiger partial charge in [-0.3, -0.25) is 13.9 Å². The van der Waals surface area contributed by atoms with Crippen molar-refractivity contribution in [1.29, 1.82) is 0 Å². The van der Waals surface area contributed by atoms with E-state index < -0.39 is 40.2 Å². The molecule has 2 atom stereocenters. The molecule has 0 spiro atoms. The summed E-state index contributed by atoms with van der Waals surface area (Å²) in [7, 11) is -4.17. The molecular formula is C31H38FN3O4S. The number of halogens is 1. The highest BCUT2D eigenvalue weighted by atomic mass is 32.2. The predicted molar refractivity (Wildman–Crippen MR) is 156 cm³/mol. The zero-order valence-corrected chi connectivity index (χ0v) is 24.8. The average molecular weight is 568 g/mol. The number of carbonyl (C=O) groups excluding carboxylic acids is 2. The van der Waals surface area contributed by atoms with E-state index in [4.69, 9.17) is 0 Å². The molecule has 214 valence electrons. The standard InChI is InChI=1S/C31H38FN3O4S/c1-7-24(5)33-31(37)25(6)34(19-26-10-8-9-11-28(26)32)30(36)20-35(29-17-14-22(3)18-23(29)4)40(38,39)27-15-12-21(2)13-16-27/h8-18,24-25H,7,19-20H2,1-6H3,(H,33,37)/t24-,25+/m1/s1. The average Bonchev–Trinajstić information content (AvgIpc) is 2.91. The molecular weight excluding hydrogens is 529 g/mol. The summed E-state index contributed by atoms with van der Waals surface area (Å²) in [6, 6.07) is 16.6. The van der Waals surface area contributed by atoms with Crippen molar-refractivity contribution in [1.82, 2.24) is 10.2 Å². The maximum absolute atomic E-state index is 14.7. The van der Waals surface area contributed by atoms with Gasteiger partial charge in [-0.05, 0) is 70.9 Å². The van der Waals surface area contributed by atoms with Gasteiger partial charge in [-0.15, -0.1) is 0 Å². The first-order valence-electron chi connectivity index (χ1n) is 13.3. The molecule has 7 nitrogen and oxygen atoms in total. The highest BCUT2D eigenvalue weighted by molar-refractivity contribution is 7.92. The molecule has 0 unspecified atom stereocenters. The lowest BCUT2D eigenvalue weighted by Gasteiger charge is -2.33. The largest absolute Gasteiger partial charge is 0.352 e. The van der Waals surface area contributed by atoms with Crippen LogP contribution in [0.5, 0.6) is 0 Å². The molecule has 2 amide bonds. The number of hydrogen-bond donors (Lipinski definition) is 1. The SMILES string of the molecule is CC[C@@H](C)NC(=O)[C@H](C)N(Cc1ccccc1F)C(=O)CN(c1ccc(C)cc1C)S(=O)(=O)c1ccc(C)cc1. The van der Waals surface area contributed by atoms with Crippen LogP contribution in [0, 0.1) is 26.6 Å². The first-order chi connectivity index (χ1) is 18.8. The third kappa shape index (κ3) is 7.27. The highest BCUT2D eigenvalue weighted by Crippen LogP contribution is 2.28. The lowest BCUT2D eigenvalue weighted by molar-refractivity contribution is -0.139. The van der Waals surface area contributed by atoms with E-state index in [2.05, 4.69) is 5.32 Å². The van der Waals surface area contributed by atoms with Crippen LogP contribution in [0.4, 0.5) is 10.1 Å². The third-order valence-corrected chi connectivity index (χ3v) is 8.75. The number of nitrogens with one attached hydrogen (secondary N) is 1. The Morgan fingerprint density at radius 3 is 2.15 bits per heavy atom. The number of rotatable bonds is 11. The fourth-order valence-corrected chi connectivity index (χ4v) is 5.77. The van der Waals surface area contributed by atoms with E-state index in [0.717, 1.165) is 15.4 Å². The Kier molecular flexibility index (Phi) is 10.1. The molecule has 0 aromatic heterocycles. The normalized spacial score (nSPS) is 12.9. The van der Waals surface area contributed by atoms with Crippen LogP contribution in [-0.4, -0.2) is 43.8 Å². The van der Waals surface area contributed by atoms with Crippen molar-refractivity contribution in [2.24, 2.45) is 0 Å². The molecule has 0 aliphatic carbocycles. The molecule has 0 bridgehead atoms. The minimum absolute atomic E-state index is 0.0362. The topological polar surface area (TPSA) is 86.8 Å². The summed E-state index contributed by atoms with van der Waals surface area (Å²) in [5, 5.41) is 2.87. The van der Waals surface area contributed by atoms with E-state index >= 15 is 0 Å². The number of anilines is 1. The summed E-state index contributed by atoms with van der Waals surface area (Å²) in [4.78, 5) is 28.3. The van der Waals surface area contributed by atoms with Crippen molar-refractivity contribution < 1.29 is 22.4 Å². The minimum atomic E-state index is -4.17. The van der Waals surface area contributed by atoms with Crippen LogP contribution >= 0.6 is 0 Å². The number of amides is 2. The number of carbonyl (C=O) groups is 2. The van der Waals surface area contributed by atoms with Crippen LogP contribution < -0.4 is 9.62 Å². The van der Waals surface area contributed by atoms with Gasteiger partial charge in [0.1, 0.15) is 18.4 Å². The number of nitrogens with zero attached hydrogens (tertiary/aromatic N) is 2. The molecule has 0 radical (unpaired) electrons. The number of aryl methyl sites for hydroxylation is 3. The van der Waals surface area contributed by atoms with Crippen molar-refractivity contribution >= 4 is 27.5 Å². The van der Waals surface area contributed by atoms with Crippen molar-refractivity contribution in [2.45, 2.75) is 71.5 Å². The fraction of sp³-hybridized carbons (Fsp3) is 0.355. The molecule has 1 N–H and O–H groups in total. The van der Waals surface area contributed by atoms with Gasteiger partial charge in [-0.25, -0.2) is 12.8 Å². The molecule has 40 heavy (non-hydrogen) atoms. The fourth-order valence-electron chi connectivity index (χ4n) is 4.29. The number of hydrogen-bond acceptors (Lipinski definition) is 4. The molecule has 3 aromatic rings. The van der Waals surface area contributed by atoms with Gasteiger partial charge < -0.3 is 10.2 Å². The minimum Gasteiger partial charge on any atom is -0.352 e. The van der Waals surface area contributed by atoms with Gasteiger partial charge in [0.25, 0.3) is 10.0 Å². The quantitative estimate of drug-likeness (QED) is 0.342. The van der Waals surface area contributed by atoms with Crippen LogP contribution in [0.2, 0.25) is 0 Å². The Bertz CT molecular complexity index is 1460. The van der Waals surface area contributed by atoms with E-state index in [0.29, 0.717) is 17.7 Å². The Morgan fingerprint density at radius 2 is 1.55 bits per heavy atom. The van der Waals surface area contributed by atoms with Crippen molar-refractivity contribution in [3.05, 3.63) is 94.8 Å². The van der Waals surface area contributed by atoms with Gasteiger partial charge in [0, 0.05) is 18.2 Å². The van der Waals surface area contributed by atoms with Gasteiger partial charge >= 0.3 is 0 Å². The van der Waals surface area contributed by atoms with Crippen molar-refractivity contribution in [3.63, 3.8) is 0 Å². The summed E-state index contributed by atoms with van der Waals surface area (Å²) < 4.78 is 43.6. The number of sulfonamides is 1. The zero-order valence-electron chi connectivity index (χ0n) is 23.9. The molecule has 3 rings (SSSR count). The molecule has 0 aliphatic heterocycles. The van der Waals surface area contributed by atoms with E-state index in [1.807, 2.05) is 33.8 Å². The molecule has 3 aromatic carbocycles. The van der Waals surface area contributed by atoms with Crippen LogP contribution in [-0.2, 0) is 26.2 Å². The predicted octanol–water partition coefficient (Wildman–Crippen LogP) is 5.28. The molecule has 0 heterocycles. The second-order valence-corrected chi connectivity index (χ2v) is 12.1. The lowest BCUT2D eigenvalue weighted by Crippen LogP contribution is -2.52. The van der Waals surface area contributed by atoms with Gasteiger partial charge in [0.2, 0.25) is 11.8 Å². The maximum Gasteiger partial charge on any atom is 0.264 e. The van der Waals surface area contributed by atoms with E-state index in [9.17, 15) is 22.4 Å². The third-order valence-electron chi connectivity index (χ3n) is 6.98. The second-order valence-electron chi connectivity index (χ2n) is 10.2. The van der Waals surface area contributed by atoms with Gasteiger partial charge in [0.05, 0.1) is 10.6 Å². The summed E-state index contributed by atoms with van der Waals surface area (Å²) in [6.45, 7) is 10.1. The highest BCUT2D eigenvalue weighted by Gasteiger charge is 2.33. The molecule has 0 fully saturated rings. The Morgan fingerprint density at radius 1 is 0.925 bits per heavy atom. The lowest BCUT2D eigenvalue weighted by atomic mass is 10.1. The summed E-state index contributed by atoms with van der Waals surface area (Å²) in [5.74, 6) is -1.56. The van der Waals surface area contributed by atoms with E-state index in [1.54, 1.807) is 56.3 Å². The first kappa shape index (κ1) is 30.8. The number of benzene rings is 3. The van der Waals surface area contributed by atoms with Crippen LogP contribution in [0.1, 0.15) is 49.4 Å². The zero-order chi connectivity index (χ0) is 29.6. The molecule has 9 heteroatoms. The Balaban J connectivity index is 2.07. The first-order valence-corrected chi connectivity index (χ1v) is 14.8. The summed E-state index contributed by atoms with van der Waals surface area (Å²) in [5.41, 5.74) is 3.08. The van der Waals surface area contributed by atoms with E-state index in [-0.39, 0.29) is 23.0 Å².